The molecule has 1 aromatic heterocycles. The number of benzene rings is 2. The normalized spacial score (nSPS) is 9.26. The third kappa shape index (κ3) is 14.3. The van der Waals surface area contributed by atoms with Gasteiger partial charge in [0.25, 0.3) is 0 Å². The van der Waals surface area contributed by atoms with Crippen LogP contribution in [0.5, 0.6) is 5.75 Å². The molecule has 4 heteroatoms. The third-order valence-corrected chi connectivity index (χ3v) is 4.78. The summed E-state index contributed by atoms with van der Waals surface area (Å²) in [6.07, 6.45) is 6.60. The number of pyridine rings is 1. The van der Waals surface area contributed by atoms with Crippen LogP contribution in [-0.2, 0) is 6.54 Å². The maximum atomic E-state index is 5.53. The Morgan fingerprint density at radius 1 is 0.824 bits per heavy atom. The molecule has 0 atom stereocenters. The second-order valence-electron chi connectivity index (χ2n) is 7.55. The van der Waals surface area contributed by atoms with Gasteiger partial charge in [0.1, 0.15) is 5.75 Å². The van der Waals surface area contributed by atoms with Crippen LogP contribution in [0.15, 0.2) is 79.0 Å². The second kappa shape index (κ2) is 22.0. The van der Waals surface area contributed by atoms with E-state index in [2.05, 4.69) is 66.2 Å². The molecule has 2 N–H and O–H groups in total. The molecule has 0 unspecified atom stereocenters. The molecule has 3 rings (SSSR count). The van der Waals surface area contributed by atoms with E-state index in [4.69, 9.17) is 10.5 Å². The average molecular weight is 466 g/mol. The van der Waals surface area contributed by atoms with Crippen molar-refractivity contribution in [3.63, 3.8) is 0 Å². The Hall–Kier alpha value is -2.85. The first kappa shape index (κ1) is 31.1. The van der Waals surface area contributed by atoms with E-state index in [1.807, 2.05) is 51.1 Å². The van der Waals surface area contributed by atoms with Crippen molar-refractivity contribution in [3.8, 4) is 5.75 Å². The van der Waals surface area contributed by atoms with Crippen molar-refractivity contribution in [3.05, 3.63) is 90.3 Å². The summed E-state index contributed by atoms with van der Waals surface area (Å²) < 4.78 is 5.53. The van der Waals surface area contributed by atoms with Crippen LogP contribution in [0.4, 0.5) is 5.69 Å². The predicted molar refractivity (Wildman–Crippen MR) is 150 cm³/mol. The highest BCUT2D eigenvalue weighted by atomic mass is 16.5. The van der Waals surface area contributed by atoms with Gasteiger partial charge in [0.15, 0.2) is 0 Å². The molecule has 0 aliphatic heterocycles. The molecule has 0 bridgehead atoms. The van der Waals surface area contributed by atoms with Crippen LogP contribution < -0.4 is 15.4 Å². The standard InChI is InChI=1S/C19H25NO.C6H7N.C3H9N.C2H6/c1-3-4-10-15-20(16-17-11-6-5-7-12-17)18-13-8-9-14-19(18)21-2;1-6-4-2-3-5-7-6;1-2-3-4;1-2/h5-9,11-14H,3-4,10,15-16H2,1-2H3;2-5H,1H3;2-4H2,1H3;1-2H3. The summed E-state index contributed by atoms with van der Waals surface area (Å²) in [5.41, 5.74) is 8.61. The second-order valence-corrected chi connectivity index (χ2v) is 7.55. The molecule has 188 valence electrons. The van der Waals surface area contributed by atoms with Gasteiger partial charge in [0.2, 0.25) is 0 Å². The summed E-state index contributed by atoms with van der Waals surface area (Å²) in [5.74, 6) is 0.949. The molecular weight excluding hydrogens is 418 g/mol. The van der Waals surface area contributed by atoms with Gasteiger partial charge in [-0.05, 0) is 56.1 Å². The Morgan fingerprint density at radius 2 is 1.44 bits per heavy atom. The number of para-hydroxylation sites is 2. The van der Waals surface area contributed by atoms with Gasteiger partial charge < -0.3 is 15.4 Å². The molecule has 4 nitrogen and oxygen atoms in total. The van der Waals surface area contributed by atoms with Crippen molar-refractivity contribution >= 4 is 5.69 Å². The lowest BCUT2D eigenvalue weighted by Crippen LogP contribution is -2.24. The lowest BCUT2D eigenvalue weighted by molar-refractivity contribution is 0.414. The topological polar surface area (TPSA) is 51.4 Å². The summed E-state index contributed by atoms with van der Waals surface area (Å²) in [5, 5.41) is 0. The smallest absolute Gasteiger partial charge is 0.142 e. The van der Waals surface area contributed by atoms with E-state index in [-0.39, 0.29) is 0 Å². The average Bonchev–Trinajstić information content (AvgIpc) is 2.91. The number of nitrogens with zero attached hydrogens (tertiary/aromatic N) is 2. The summed E-state index contributed by atoms with van der Waals surface area (Å²) in [6.45, 7) is 13.1. The van der Waals surface area contributed by atoms with Crippen molar-refractivity contribution in [2.45, 2.75) is 66.8 Å². The third-order valence-electron chi connectivity index (χ3n) is 4.78. The van der Waals surface area contributed by atoms with Crippen molar-refractivity contribution in [2.75, 3.05) is 25.1 Å². The van der Waals surface area contributed by atoms with E-state index < -0.39 is 0 Å². The molecular formula is C30H47N3O. The summed E-state index contributed by atoms with van der Waals surface area (Å²) in [7, 11) is 1.74. The number of aromatic nitrogens is 1. The number of unbranched alkanes of at least 4 members (excludes halogenated alkanes) is 2. The fourth-order valence-corrected chi connectivity index (χ4v) is 2.98. The van der Waals surface area contributed by atoms with E-state index in [1.54, 1.807) is 13.3 Å². The quantitative estimate of drug-likeness (QED) is 0.329. The van der Waals surface area contributed by atoms with Crippen LogP contribution in [0.2, 0.25) is 0 Å². The first-order valence-corrected chi connectivity index (χ1v) is 12.7. The van der Waals surface area contributed by atoms with Gasteiger partial charge in [-0.2, -0.15) is 0 Å². The zero-order valence-corrected chi connectivity index (χ0v) is 22.3. The van der Waals surface area contributed by atoms with Crippen molar-refractivity contribution < 1.29 is 4.74 Å². The van der Waals surface area contributed by atoms with Crippen LogP contribution in [-0.4, -0.2) is 25.2 Å². The van der Waals surface area contributed by atoms with Gasteiger partial charge >= 0.3 is 0 Å². The molecule has 0 amide bonds. The number of rotatable bonds is 9. The zero-order valence-electron chi connectivity index (χ0n) is 22.3. The highest BCUT2D eigenvalue weighted by molar-refractivity contribution is 5.58. The lowest BCUT2D eigenvalue weighted by atomic mass is 10.1. The number of aryl methyl sites for hydroxylation is 1. The number of hydrogen-bond acceptors (Lipinski definition) is 4. The number of ether oxygens (including phenoxy) is 1. The maximum Gasteiger partial charge on any atom is 0.142 e. The Balaban J connectivity index is 0.000000687. The lowest BCUT2D eigenvalue weighted by Gasteiger charge is -2.26. The highest BCUT2D eigenvalue weighted by Crippen LogP contribution is 2.29. The van der Waals surface area contributed by atoms with Crippen molar-refractivity contribution in [1.29, 1.82) is 0 Å². The fourth-order valence-electron chi connectivity index (χ4n) is 2.98. The van der Waals surface area contributed by atoms with E-state index in [1.165, 1.54) is 30.5 Å². The molecule has 1 heterocycles. The molecule has 3 aromatic rings. The van der Waals surface area contributed by atoms with Crippen LogP contribution in [0, 0.1) is 6.92 Å². The Bertz CT molecular complexity index is 808. The van der Waals surface area contributed by atoms with Crippen LogP contribution in [0.3, 0.4) is 0 Å². The van der Waals surface area contributed by atoms with Crippen molar-refractivity contribution in [1.82, 2.24) is 4.98 Å². The first-order chi connectivity index (χ1) is 16.7. The molecule has 0 aliphatic carbocycles. The highest BCUT2D eigenvalue weighted by Gasteiger charge is 2.11. The van der Waals surface area contributed by atoms with E-state index in [0.717, 1.165) is 37.5 Å². The molecule has 0 fully saturated rings. The van der Waals surface area contributed by atoms with Crippen molar-refractivity contribution in [2.24, 2.45) is 5.73 Å². The van der Waals surface area contributed by atoms with Gasteiger partial charge in [-0.1, -0.05) is 89.1 Å². The van der Waals surface area contributed by atoms with Crippen LogP contribution >= 0.6 is 0 Å². The van der Waals surface area contributed by atoms with Gasteiger partial charge in [-0.25, -0.2) is 0 Å². The minimum atomic E-state index is 0.819. The minimum absolute atomic E-state index is 0.819. The monoisotopic (exact) mass is 465 g/mol. The Morgan fingerprint density at radius 3 is 1.94 bits per heavy atom. The van der Waals surface area contributed by atoms with Gasteiger partial charge in [0, 0.05) is 25.0 Å². The van der Waals surface area contributed by atoms with Gasteiger partial charge in [-0.3, -0.25) is 4.98 Å². The molecule has 0 aliphatic rings. The number of anilines is 1. The summed E-state index contributed by atoms with van der Waals surface area (Å²) in [4.78, 5) is 6.40. The molecule has 2 aromatic carbocycles. The first-order valence-electron chi connectivity index (χ1n) is 12.7. The maximum absolute atomic E-state index is 5.53. The molecule has 0 radical (unpaired) electrons. The van der Waals surface area contributed by atoms with Crippen LogP contribution in [0.25, 0.3) is 0 Å². The van der Waals surface area contributed by atoms with Gasteiger partial charge in [0.05, 0.1) is 12.8 Å². The summed E-state index contributed by atoms with van der Waals surface area (Å²) in [6, 6.07) is 24.8. The molecule has 34 heavy (non-hydrogen) atoms. The Kier molecular flexibility index (Phi) is 20.1. The predicted octanol–water partition coefficient (Wildman–Crippen LogP) is 7.66. The zero-order chi connectivity index (χ0) is 25.4. The molecule has 0 spiro atoms. The van der Waals surface area contributed by atoms with Gasteiger partial charge in [-0.15, -0.1) is 0 Å². The number of hydrogen-bond donors (Lipinski definition) is 1. The number of methoxy groups -OCH3 is 1. The van der Waals surface area contributed by atoms with E-state index in [9.17, 15) is 0 Å². The Labute approximate surface area is 209 Å². The SMILES string of the molecule is CC.CCCCCN(Cc1ccccc1)c1ccccc1OC.CCCN.Cc1ccccn1. The summed E-state index contributed by atoms with van der Waals surface area (Å²) >= 11 is 0. The molecule has 0 saturated heterocycles. The molecule has 0 saturated carbocycles. The number of nitrogens with two attached hydrogens (primary N) is 1. The fraction of sp³-hybridized carbons (Fsp3) is 0.433. The van der Waals surface area contributed by atoms with E-state index >= 15 is 0 Å². The minimum Gasteiger partial charge on any atom is -0.495 e. The largest absolute Gasteiger partial charge is 0.495 e. The van der Waals surface area contributed by atoms with E-state index in [0.29, 0.717) is 0 Å². The van der Waals surface area contributed by atoms with Crippen LogP contribution in [0.1, 0.15) is 64.6 Å².